The number of nitrogens with one attached hydrogen (secondary N) is 1. The van der Waals surface area contributed by atoms with E-state index < -0.39 is 17.6 Å². The molecule has 0 aliphatic heterocycles. The third-order valence-electron chi connectivity index (χ3n) is 6.81. The van der Waals surface area contributed by atoms with Crippen molar-refractivity contribution in [3.63, 3.8) is 0 Å². The average Bonchev–Trinajstić information content (AvgIpc) is 2.91. The smallest absolute Gasteiger partial charge is 0.298 e. The maximum Gasteiger partial charge on any atom is 0.394 e. The summed E-state index contributed by atoms with van der Waals surface area (Å²) < 4.78 is 39.3. The van der Waals surface area contributed by atoms with Crippen molar-refractivity contribution in [1.82, 2.24) is 10.3 Å². The topological polar surface area (TPSA) is 24.9 Å². The number of benzene rings is 3. The maximum atomic E-state index is 13.1. The van der Waals surface area contributed by atoms with Gasteiger partial charge in [-0.3, -0.25) is 10.3 Å². The molecular weight excluding hydrogens is 469 g/mol. The van der Waals surface area contributed by atoms with Crippen LogP contribution >= 0.6 is 0 Å². The highest BCUT2D eigenvalue weighted by molar-refractivity contribution is 5.85. The molecule has 1 N–H and O–H groups in total. The summed E-state index contributed by atoms with van der Waals surface area (Å²) in [5, 5.41) is 6.10. The van der Waals surface area contributed by atoms with Crippen molar-refractivity contribution in [2.45, 2.75) is 38.5 Å². The van der Waals surface area contributed by atoms with Gasteiger partial charge < -0.3 is 0 Å². The SMILES string of the molecule is C/C(=C\C=C/C(C)C(F)(F)F)C(Cc1ccccc1)(NCc1cccc2ccccc12)c1ccccn1. The van der Waals surface area contributed by atoms with Gasteiger partial charge >= 0.3 is 6.18 Å². The van der Waals surface area contributed by atoms with Crippen LogP contribution in [0.5, 0.6) is 0 Å². The number of alkyl halides is 3. The van der Waals surface area contributed by atoms with Crippen LogP contribution in [0.2, 0.25) is 0 Å². The Kier molecular flexibility index (Phi) is 8.24. The number of halogens is 3. The number of fused-ring (bicyclic) bond motifs is 1. The molecule has 2 atom stereocenters. The van der Waals surface area contributed by atoms with E-state index in [0.29, 0.717) is 13.0 Å². The van der Waals surface area contributed by atoms with Crippen LogP contribution in [-0.2, 0) is 18.5 Å². The van der Waals surface area contributed by atoms with Crippen LogP contribution in [0.4, 0.5) is 13.2 Å². The van der Waals surface area contributed by atoms with Gasteiger partial charge in [0.1, 0.15) is 0 Å². The quantitative estimate of drug-likeness (QED) is 0.235. The van der Waals surface area contributed by atoms with E-state index in [1.807, 2.05) is 61.5 Å². The Morgan fingerprint density at radius 1 is 0.892 bits per heavy atom. The highest BCUT2D eigenvalue weighted by Gasteiger charge is 2.36. The number of hydrogen-bond acceptors (Lipinski definition) is 2. The number of rotatable bonds is 9. The molecule has 0 amide bonds. The molecule has 190 valence electrons. The van der Waals surface area contributed by atoms with E-state index in [1.165, 1.54) is 12.2 Å². The molecule has 0 saturated carbocycles. The Labute approximate surface area is 216 Å². The zero-order valence-corrected chi connectivity index (χ0v) is 21.0. The largest absolute Gasteiger partial charge is 0.394 e. The molecule has 0 aliphatic carbocycles. The van der Waals surface area contributed by atoms with Gasteiger partial charge in [-0.1, -0.05) is 104 Å². The normalized spacial score (nSPS) is 15.1. The lowest BCUT2D eigenvalue weighted by Gasteiger charge is -2.36. The summed E-state index contributed by atoms with van der Waals surface area (Å²) >= 11 is 0. The molecule has 3 aromatic carbocycles. The number of pyridine rings is 1. The minimum atomic E-state index is -4.27. The van der Waals surface area contributed by atoms with Gasteiger partial charge in [-0.25, -0.2) is 0 Å². The summed E-state index contributed by atoms with van der Waals surface area (Å²) in [6.07, 6.45) is 2.54. The number of allylic oxidation sites excluding steroid dienone is 3. The lowest BCUT2D eigenvalue weighted by Crippen LogP contribution is -2.46. The van der Waals surface area contributed by atoms with Crippen molar-refractivity contribution < 1.29 is 13.2 Å². The van der Waals surface area contributed by atoms with E-state index in [9.17, 15) is 13.2 Å². The zero-order chi connectivity index (χ0) is 26.3. The molecule has 1 aromatic heterocycles. The molecule has 4 rings (SSSR count). The highest BCUT2D eigenvalue weighted by Crippen LogP contribution is 2.34. The van der Waals surface area contributed by atoms with Gasteiger partial charge in [-0.05, 0) is 46.5 Å². The Morgan fingerprint density at radius 3 is 2.32 bits per heavy atom. The third kappa shape index (κ3) is 6.36. The Bertz CT molecular complexity index is 1360. The fourth-order valence-electron chi connectivity index (χ4n) is 4.55. The number of hydrogen-bond donors (Lipinski definition) is 1. The second-order valence-electron chi connectivity index (χ2n) is 9.34. The monoisotopic (exact) mass is 500 g/mol. The third-order valence-corrected chi connectivity index (χ3v) is 6.81. The molecule has 2 unspecified atom stereocenters. The van der Waals surface area contributed by atoms with Crippen molar-refractivity contribution in [1.29, 1.82) is 0 Å². The Hall–Kier alpha value is -3.70. The molecule has 0 radical (unpaired) electrons. The molecule has 2 nitrogen and oxygen atoms in total. The molecular formula is C32H31F3N2. The minimum absolute atomic E-state index is 0.554. The van der Waals surface area contributed by atoms with Crippen molar-refractivity contribution in [2.75, 3.05) is 0 Å². The van der Waals surface area contributed by atoms with E-state index >= 15 is 0 Å². The van der Waals surface area contributed by atoms with Crippen molar-refractivity contribution in [2.24, 2.45) is 5.92 Å². The number of nitrogens with zero attached hydrogens (tertiary/aromatic N) is 1. The van der Waals surface area contributed by atoms with Crippen LogP contribution < -0.4 is 5.32 Å². The van der Waals surface area contributed by atoms with Crippen LogP contribution in [0.1, 0.15) is 30.7 Å². The van der Waals surface area contributed by atoms with Gasteiger partial charge in [0.2, 0.25) is 0 Å². The maximum absolute atomic E-state index is 13.1. The first kappa shape index (κ1) is 26.4. The van der Waals surface area contributed by atoms with E-state index in [4.69, 9.17) is 4.98 Å². The second-order valence-corrected chi connectivity index (χ2v) is 9.34. The predicted octanol–water partition coefficient (Wildman–Crippen LogP) is 8.16. The fourth-order valence-corrected chi connectivity index (χ4v) is 4.55. The molecule has 0 fully saturated rings. The van der Waals surface area contributed by atoms with Crippen LogP contribution in [0.3, 0.4) is 0 Å². The van der Waals surface area contributed by atoms with Gasteiger partial charge in [0.05, 0.1) is 17.2 Å². The Balaban J connectivity index is 1.79. The summed E-state index contributed by atoms with van der Waals surface area (Å²) in [6, 6.07) is 30.3. The van der Waals surface area contributed by atoms with Crippen molar-refractivity contribution in [3.05, 3.63) is 138 Å². The molecule has 0 saturated heterocycles. The van der Waals surface area contributed by atoms with E-state index in [1.54, 1.807) is 12.3 Å². The standard InChI is InChI=1S/C32H31F3N2/c1-24(12-10-13-25(2)32(33,34)35)31(30-20-8-9-21-36-30,22-26-14-4-3-5-15-26)37-23-28-18-11-17-27-16-6-7-19-29(27)28/h3-21,25,37H,22-23H2,1-2H3/b13-10-,24-12+. The summed E-state index contributed by atoms with van der Waals surface area (Å²) in [5.74, 6) is -1.53. The van der Waals surface area contributed by atoms with Gasteiger partial charge in [-0.2, -0.15) is 13.2 Å². The first-order valence-corrected chi connectivity index (χ1v) is 12.4. The highest BCUT2D eigenvalue weighted by atomic mass is 19.4. The molecule has 37 heavy (non-hydrogen) atoms. The predicted molar refractivity (Wildman–Crippen MR) is 145 cm³/mol. The molecule has 0 bridgehead atoms. The molecule has 1 heterocycles. The van der Waals surface area contributed by atoms with E-state index in [0.717, 1.165) is 40.1 Å². The molecule has 0 aliphatic rings. The molecule has 4 aromatic rings. The summed E-state index contributed by atoms with van der Waals surface area (Å²) in [4.78, 5) is 4.72. The second kappa shape index (κ2) is 11.6. The number of aromatic nitrogens is 1. The minimum Gasteiger partial charge on any atom is -0.298 e. The van der Waals surface area contributed by atoms with Crippen LogP contribution in [0, 0.1) is 5.92 Å². The average molecular weight is 501 g/mol. The molecule has 5 heteroatoms. The van der Waals surface area contributed by atoms with E-state index in [2.05, 4.69) is 41.7 Å². The van der Waals surface area contributed by atoms with Gasteiger partial charge in [0, 0.05) is 19.2 Å². The summed E-state index contributed by atoms with van der Waals surface area (Å²) in [6.45, 7) is 3.67. The van der Waals surface area contributed by atoms with Gasteiger partial charge in [-0.15, -0.1) is 0 Å². The Morgan fingerprint density at radius 2 is 1.59 bits per heavy atom. The summed E-state index contributed by atoms with van der Waals surface area (Å²) in [5.41, 5.74) is 3.18. The fraction of sp³-hybridized carbons (Fsp3) is 0.219. The van der Waals surface area contributed by atoms with Crippen LogP contribution in [0.25, 0.3) is 10.8 Å². The lowest BCUT2D eigenvalue weighted by molar-refractivity contribution is -0.156. The van der Waals surface area contributed by atoms with E-state index in [-0.39, 0.29) is 0 Å². The van der Waals surface area contributed by atoms with Gasteiger partial charge in [0.15, 0.2) is 0 Å². The van der Waals surface area contributed by atoms with Crippen LogP contribution in [-0.4, -0.2) is 11.2 Å². The summed E-state index contributed by atoms with van der Waals surface area (Å²) in [7, 11) is 0. The first-order valence-electron chi connectivity index (χ1n) is 12.4. The first-order chi connectivity index (χ1) is 17.8. The van der Waals surface area contributed by atoms with Crippen molar-refractivity contribution in [3.8, 4) is 0 Å². The zero-order valence-electron chi connectivity index (χ0n) is 21.0. The van der Waals surface area contributed by atoms with Crippen molar-refractivity contribution >= 4 is 10.8 Å². The van der Waals surface area contributed by atoms with Gasteiger partial charge in [0.25, 0.3) is 0 Å². The molecule has 0 spiro atoms. The lowest BCUT2D eigenvalue weighted by atomic mass is 9.80. The van der Waals surface area contributed by atoms with Crippen LogP contribution in [0.15, 0.2) is 121 Å².